The summed E-state index contributed by atoms with van der Waals surface area (Å²) in [6, 6.07) is 4.49. The zero-order valence-corrected chi connectivity index (χ0v) is 29.1. The van der Waals surface area contributed by atoms with Crippen LogP contribution in [0.25, 0.3) is 32.9 Å². The van der Waals surface area contributed by atoms with Crippen molar-refractivity contribution in [1.82, 2.24) is 25.2 Å². The maximum atomic E-state index is 17.2. The molecule has 276 valence electrons. The van der Waals surface area contributed by atoms with E-state index in [0.29, 0.717) is 5.39 Å². The van der Waals surface area contributed by atoms with E-state index in [2.05, 4.69) is 20.3 Å². The molecule has 4 N–H and O–H groups in total. The number of pyridine rings is 1. The Morgan fingerprint density at radius 1 is 1.17 bits per heavy atom. The number of phenolic OH excluding ortho intramolecular Hbond substituents is 1. The van der Waals surface area contributed by atoms with Crippen molar-refractivity contribution in [1.29, 1.82) is 0 Å². The van der Waals surface area contributed by atoms with Gasteiger partial charge in [-0.1, -0.05) is 6.07 Å². The lowest BCUT2D eigenvalue weighted by atomic mass is 9.68. The zero-order valence-electron chi connectivity index (χ0n) is 29.1. The monoisotopic (exact) mass is 742 g/mol. The standard InChI is InChI=1S/C35H33B3F4N6O6/c1-31-11-18(39)13-47(15-31)28-22-12-43-26(21-10-19(49)9-17-4-5-23(40)20(24(17)21)3-2-8-53-30(50)46-31)25(41)27(22)44-29(45-28)54-35(38,52)32-6-7-34(37,51)48(32)16-33(36,42)14-32/h4-5,9-10,12,18,49,51-52H,2-3,6-8,11,13-16H2,1H3,(H,46,50). The van der Waals surface area contributed by atoms with Gasteiger partial charge in [0.1, 0.15) is 50.5 Å². The predicted molar refractivity (Wildman–Crippen MR) is 190 cm³/mol. The van der Waals surface area contributed by atoms with Crippen molar-refractivity contribution in [3.05, 3.63) is 47.7 Å². The minimum atomic E-state index is -2.91. The van der Waals surface area contributed by atoms with Crippen LogP contribution in [0.1, 0.15) is 44.6 Å². The van der Waals surface area contributed by atoms with Gasteiger partial charge >= 0.3 is 12.1 Å². The first kappa shape index (κ1) is 36.6. The quantitative estimate of drug-likeness (QED) is 0.139. The normalized spacial score (nSPS) is 31.3. The van der Waals surface area contributed by atoms with E-state index in [0.717, 1.165) is 4.90 Å². The van der Waals surface area contributed by atoms with E-state index >= 15 is 17.6 Å². The Bertz CT molecular complexity index is 2220. The molecular formula is C35H33B3F4N6O6. The van der Waals surface area contributed by atoms with Crippen LogP contribution in [0.2, 0.25) is 0 Å². The van der Waals surface area contributed by atoms with E-state index in [9.17, 15) is 20.1 Å². The highest BCUT2D eigenvalue weighted by molar-refractivity contribution is 6.18. The van der Waals surface area contributed by atoms with Gasteiger partial charge in [-0.05, 0) is 73.6 Å². The van der Waals surface area contributed by atoms with Gasteiger partial charge < -0.3 is 35.0 Å². The fourth-order valence-electron chi connectivity index (χ4n) is 8.76. The van der Waals surface area contributed by atoms with E-state index in [4.69, 9.17) is 33.0 Å². The molecule has 0 spiro atoms. The fraction of sp³-hybridized carbons (Fsp3) is 0.486. The van der Waals surface area contributed by atoms with Crippen LogP contribution in [0.5, 0.6) is 11.8 Å². The number of aryl methyl sites for hydroxylation is 1. The number of hydrogen-bond acceptors (Lipinski definition) is 11. The molecule has 9 rings (SSSR count). The number of alkyl halides is 2. The van der Waals surface area contributed by atoms with Gasteiger partial charge in [0, 0.05) is 31.3 Å². The van der Waals surface area contributed by atoms with Crippen molar-refractivity contribution in [2.75, 3.05) is 31.1 Å². The summed E-state index contributed by atoms with van der Waals surface area (Å²) in [7, 11) is 18.2. The average molecular weight is 742 g/mol. The number of phenols is 1. The third-order valence-electron chi connectivity index (χ3n) is 11.0. The number of halogens is 4. The van der Waals surface area contributed by atoms with Crippen LogP contribution in [0.4, 0.5) is 28.2 Å². The molecule has 12 nitrogen and oxygen atoms in total. The number of carbonyl (C=O) groups is 1. The molecule has 5 aliphatic rings. The molecule has 54 heavy (non-hydrogen) atoms. The molecule has 1 amide bonds. The number of carbonyl (C=O) groups excluding carboxylic acids is 1. The summed E-state index contributed by atoms with van der Waals surface area (Å²) in [5.41, 5.74) is -11.3. The van der Waals surface area contributed by atoms with E-state index in [1.165, 1.54) is 35.4 Å². The summed E-state index contributed by atoms with van der Waals surface area (Å²) >= 11 is 0. The summed E-state index contributed by atoms with van der Waals surface area (Å²) in [5.74, 6) is -2.12. The van der Waals surface area contributed by atoms with Crippen LogP contribution in [0.15, 0.2) is 30.5 Å². The molecule has 0 aliphatic carbocycles. The summed E-state index contributed by atoms with van der Waals surface area (Å²) in [4.78, 5) is 28.5. The third-order valence-corrected chi connectivity index (χ3v) is 11.0. The number of fused-ring (bicyclic) bond motifs is 7. The molecule has 2 aromatic carbocycles. The number of aromatic hydroxyl groups is 1. The van der Waals surface area contributed by atoms with Gasteiger partial charge in [0.2, 0.25) is 0 Å². The number of ether oxygens (including phenoxy) is 2. The van der Waals surface area contributed by atoms with Crippen molar-refractivity contribution in [3.8, 4) is 23.0 Å². The summed E-state index contributed by atoms with van der Waals surface area (Å²) < 4.78 is 74.9. The summed E-state index contributed by atoms with van der Waals surface area (Å²) in [6.45, 7) is 0.481. The van der Waals surface area contributed by atoms with Gasteiger partial charge in [-0.25, -0.2) is 18.0 Å². The molecule has 5 aliphatic heterocycles. The first-order valence-electron chi connectivity index (χ1n) is 17.4. The Morgan fingerprint density at radius 3 is 2.72 bits per heavy atom. The Labute approximate surface area is 310 Å². The van der Waals surface area contributed by atoms with Crippen molar-refractivity contribution < 1.29 is 47.1 Å². The number of amides is 1. The van der Waals surface area contributed by atoms with E-state index < -0.39 is 76.3 Å². The van der Waals surface area contributed by atoms with Gasteiger partial charge in [-0.3, -0.25) is 14.3 Å². The number of aliphatic hydroxyl groups is 2. The number of nitrogens with one attached hydrogen (secondary N) is 1. The zero-order chi connectivity index (χ0) is 38.6. The van der Waals surface area contributed by atoms with Gasteiger partial charge in [0.15, 0.2) is 19.3 Å². The fourth-order valence-corrected chi connectivity index (χ4v) is 8.76. The van der Waals surface area contributed by atoms with Crippen molar-refractivity contribution in [2.24, 2.45) is 0 Å². The first-order valence-corrected chi connectivity index (χ1v) is 17.4. The number of alkyl carbamates (subject to hydrolysis) is 1. The number of benzene rings is 2. The predicted octanol–water partition coefficient (Wildman–Crippen LogP) is 2.89. The highest BCUT2D eigenvalue weighted by atomic mass is 19.1. The average Bonchev–Trinajstić information content (AvgIpc) is 3.51. The van der Waals surface area contributed by atoms with Gasteiger partial charge in [0.25, 0.3) is 0 Å². The molecule has 0 saturated carbocycles. The maximum Gasteiger partial charge on any atom is 0.407 e. The number of aromatic nitrogens is 3. The van der Waals surface area contributed by atoms with E-state index in [1.54, 1.807) is 6.92 Å². The van der Waals surface area contributed by atoms with Crippen molar-refractivity contribution in [2.45, 2.75) is 79.6 Å². The summed E-state index contributed by atoms with van der Waals surface area (Å²) in [6.07, 6.45) is -2.05. The van der Waals surface area contributed by atoms with Crippen LogP contribution in [-0.2, 0) is 11.2 Å². The molecule has 3 saturated heterocycles. The van der Waals surface area contributed by atoms with Crippen LogP contribution >= 0.6 is 0 Å². The molecule has 19 heteroatoms. The molecule has 6 radical (unpaired) electrons. The molecule has 3 fully saturated rings. The molecule has 6 unspecified atom stereocenters. The van der Waals surface area contributed by atoms with Crippen LogP contribution < -0.4 is 15.0 Å². The van der Waals surface area contributed by atoms with Crippen LogP contribution in [0, 0.1) is 11.6 Å². The topological polar surface area (TPSA) is 153 Å². The molecule has 7 heterocycles. The lowest BCUT2D eigenvalue weighted by molar-refractivity contribution is -0.177. The Kier molecular flexibility index (Phi) is 8.36. The first-order chi connectivity index (χ1) is 25.3. The molecule has 4 aromatic rings. The van der Waals surface area contributed by atoms with Gasteiger partial charge in [0.05, 0.1) is 40.8 Å². The van der Waals surface area contributed by atoms with Crippen molar-refractivity contribution in [3.63, 3.8) is 0 Å². The third kappa shape index (κ3) is 5.98. The second-order valence-corrected chi connectivity index (χ2v) is 15.2. The van der Waals surface area contributed by atoms with E-state index in [1.807, 2.05) is 0 Å². The smallest absolute Gasteiger partial charge is 0.407 e. The maximum absolute atomic E-state index is 17.2. The SMILES string of the molecule is [B]C1(F)CN2C([B])(O)CCC2(C([B])(O)Oc2nc3c4cnc(c(F)c4n2)-c2cc(O)cc4ccc(F)c(c24)CCCOC(=O)NC2(C)CC(F)CN3C2)C1. The second kappa shape index (κ2) is 12.3. The Hall–Kier alpha value is -4.35. The highest BCUT2D eigenvalue weighted by Gasteiger charge is 2.68. The van der Waals surface area contributed by atoms with Crippen LogP contribution in [0.3, 0.4) is 0 Å². The Balaban J connectivity index is 1.35. The molecule has 6 atom stereocenters. The van der Waals surface area contributed by atoms with Crippen molar-refractivity contribution >= 4 is 57.1 Å². The second-order valence-electron chi connectivity index (χ2n) is 15.2. The summed E-state index contributed by atoms with van der Waals surface area (Å²) in [5, 5.41) is 36.6. The Morgan fingerprint density at radius 2 is 1.94 bits per heavy atom. The van der Waals surface area contributed by atoms with Crippen LogP contribution in [-0.4, -0.2) is 125 Å². The number of nitrogens with zero attached hydrogens (tertiary/aromatic N) is 5. The van der Waals surface area contributed by atoms with Gasteiger partial charge in [-0.2, -0.15) is 9.97 Å². The van der Waals surface area contributed by atoms with Gasteiger partial charge in [-0.15, -0.1) is 0 Å². The largest absolute Gasteiger partial charge is 0.508 e. The highest BCUT2D eigenvalue weighted by Crippen LogP contribution is 2.54. The number of rotatable bonds is 3. The minimum absolute atomic E-state index is 0.00473. The lowest BCUT2D eigenvalue weighted by Crippen LogP contribution is -2.65. The molecular weight excluding hydrogens is 709 g/mol. The lowest BCUT2D eigenvalue weighted by Gasteiger charge is -2.47. The molecule has 6 bridgehead atoms. The molecule has 2 aromatic heterocycles. The number of hydrogen-bond donors (Lipinski definition) is 4. The minimum Gasteiger partial charge on any atom is -0.508 e. The number of piperidine rings is 1. The number of anilines is 1. The van der Waals surface area contributed by atoms with E-state index in [-0.39, 0.29) is 91.0 Å².